The molecule has 4 heteroatoms. The Morgan fingerprint density at radius 2 is 1.67 bits per heavy atom. The molecule has 15 heavy (non-hydrogen) atoms. The van der Waals surface area contributed by atoms with Crippen LogP contribution in [0.3, 0.4) is 0 Å². The van der Waals surface area contributed by atoms with E-state index in [1.54, 1.807) is 13.0 Å². The quantitative estimate of drug-likeness (QED) is 0.716. The average molecular weight is 233 g/mol. The van der Waals surface area contributed by atoms with Crippen molar-refractivity contribution in [3.8, 4) is 0 Å². The van der Waals surface area contributed by atoms with Gasteiger partial charge in [-0.2, -0.15) is 0 Å². The van der Waals surface area contributed by atoms with Gasteiger partial charge in [-0.25, -0.2) is 13.1 Å². The zero-order chi connectivity index (χ0) is 12.3. The first kappa shape index (κ1) is 14.6. The molecule has 0 saturated heterocycles. The monoisotopic (exact) mass is 233 g/mol. The number of hydrogen-bond donors (Lipinski definition) is 1. The molecule has 0 aromatic carbocycles. The van der Waals surface area contributed by atoms with Crippen LogP contribution in [-0.2, 0) is 10.0 Å². The van der Waals surface area contributed by atoms with Crippen molar-refractivity contribution in [2.24, 2.45) is 5.41 Å². The van der Waals surface area contributed by atoms with Crippen molar-refractivity contribution in [2.45, 2.75) is 45.3 Å². The van der Waals surface area contributed by atoms with Gasteiger partial charge < -0.3 is 0 Å². The van der Waals surface area contributed by atoms with Crippen LogP contribution >= 0.6 is 0 Å². The van der Waals surface area contributed by atoms with Crippen molar-refractivity contribution >= 4 is 10.0 Å². The molecular formula is C11H23NO2S. The van der Waals surface area contributed by atoms with Crippen molar-refractivity contribution in [3.63, 3.8) is 0 Å². The van der Waals surface area contributed by atoms with Crippen molar-refractivity contribution in [3.05, 3.63) is 12.7 Å². The van der Waals surface area contributed by atoms with E-state index in [-0.39, 0.29) is 5.41 Å². The van der Waals surface area contributed by atoms with E-state index in [0.717, 1.165) is 12.8 Å². The number of sulfonamides is 1. The smallest absolute Gasteiger partial charge is 0.218 e. The van der Waals surface area contributed by atoms with Crippen LogP contribution in [0.1, 0.15) is 40.5 Å². The van der Waals surface area contributed by atoms with E-state index in [2.05, 4.69) is 11.3 Å². The second-order valence-corrected chi connectivity index (χ2v) is 6.55. The lowest BCUT2D eigenvalue weighted by atomic mass is 9.73. The molecular weight excluding hydrogens is 210 g/mol. The van der Waals surface area contributed by atoms with Crippen molar-refractivity contribution in [1.29, 1.82) is 0 Å². The van der Waals surface area contributed by atoms with E-state index in [1.165, 1.54) is 7.05 Å². The minimum absolute atomic E-state index is 0.295. The molecule has 0 fully saturated rings. The van der Waals surface area contributed by atoms with Gasteiger partial charge in [-0.05, 0) is 32.2 Å². The van der Waals surface area contributed by atoms with Crippen molar-refractivity contribution in [1.82, 2.24) is 4.72 Å². The van der Waals surface area contributed by atoms with E-state index in [0.29, 0.717) is 0 Å². The lowest BCUT2D eigenvalue weighted by Gasteiger charge is -2.42. The maximum atomic E-state index is 12.0. The molecule has 3 nitrogen and oxygen atoms in total. The second kappa shape index (κ2) is 4.66. The van der Waals surface area contributed by atoms with Gasteiger partial charge in [-0.1, -0.05) is 26.8 Å². The van der Waals surface area contributed by atoms with E-state index in [4.69, 9.17) is 0 Å². The zero-order valence-corrected chi connectivity index (χ0v) is 11.2. The summed E-state index contributed by atoms with van der Waals surface area (Å²) in [6.45, 7) is 11.4. The molecule has 0 aliphatic carbocycles. The summed E-state index contributed by atoms with van der Waals surface area (Å²) in [4.78, 5) is 0. The standard InChI is InChI=1S/C11H23NO2S/c1-7-10(4,8-2)11(5,9-3)15(13,14)12-6/h9,12H,3,7-8H2,1-2,4-6H3. The van der Waals surface area contributed by atoms with Crippen LogP contribution in [0.15, 0.2) is 12.7 Å². The van der Waals surface area contributed by atoms with Gasteiger partial charge in [-0.15, -0.1) is 6.58 Å². The van der Waals surface area contributed by atoms with Crippen LogP contribution in [0.2, 0.25) is 0 Å². The summed E-state index contributed by atoms with van der Waals surface area (Å²) in [5, 5.41) is 0. The maximum absolute atomic E-state index is 12.0. The summed E-state index contributed by atoms with van der Waals surface area (Å²) < 4.78 is 25.5. The zero-order valence-electron chi connectivity index (χ0n) is 10.4. The molecule has 0 spiro atoms. The summed E-state index contributed by atoms with van der Waals surface area (Å²) in [6.07, 6.45) is 3.14. The van der Waals surface area contributed by atoms with E-state index < -0.39 is 14.8 Å². The Hall–Kier alpha value is -0.350. The van der Waals surface area contributed by atoms with E-state index in [1.807, 2.05) is 20.8 Å². The normalized spacial score (nSPS) is 17.1. The Bertz CT molecular complexity index is 317. The fraction of sp³-hybridized carbons (Fsp3) is 0.818. The van der Waals surface area contributed by atoms with Crippen molar-refractivity contribution < 1.29 is 8.42 Å². The average Bonchev–Trinajstić information content (AvgIpc) is 2.26. The minimum Gasteiger partial charge on any atom is -0.218 e. The largest absolute Gasteiger partial charge is 0.220 e. The molecule has 0 rings (SSSR count). The Kier molecular flexibility index (Phi) is 4.55. The van der Waals surface area contributed by atoms with E-state index >= 15 is 0 Å². The first-order valence-electron chi connectivity index (χ1n) is 5.31. The first-order chi connectivity index (χ1) is 6.74. The summed E-state index contributed by atoms with van der Waals surface area (Å²) in [7, 11) is -1.91. The first-order valence-corrected chi connectivity index (χ1v) is 6.79. The Balaban J connectivity index is 5.66. The van der Waals surface area contributed by atoms with Crippen LogP contribution in [0, 0.1) is 5.41 Å². The van der Waals surface area contributed by atoms with Crippen LogP contribution < -0.4 is 4.72 Å². The summed E-state index contributed by atoms with van der Waals surface area (Å²) in [5.74, 6) is 0. The van der Waals surface area contributed by atoms with Crippen molar-refractivity contribution in [2.75, 3.05) is 7.05 Å². The van der Waals surface area contributed by atoms with Gasteiger partial charge >= 0.3 is 0 Å². The summed E-state index contributed by atoms with van der Waals surface area (Å²) >= 11 is 0. The lowest BCUT2D eigenvalue weighted by molar-refractivity contribution is 0.238. The Morgan fingerprint density at radius 1 is 1.27 bits per heavy atom. The third-order valence-electron chi connectivity index (χ3n) is 3.98. The predicted molar refractivity (Wildman–Crippen MR) is 65.3 cm³/mol. The topological polar surface area (TPSA) is 46.2 Å². The maximum Gasteiger partial charge on any atom is 0.220 e. The number of hydrogen-bond acceptors (Lipinski definition) is 2. The highest BCUT2D eigenvalue weighted by molar-refractivity contribution is 7.91. The third kappa shape index (κ3) is 2.11. The van der Waals surface area contributed by atoms with Gasteiger partial charge in [0.1, 0.15) is 4.75 Å². The molecule has 0 aliphatic rings. The Morgan fingerprint density at radius 3 is 1.87 bits per heavy atom. The van der Waals surface area contributed by atoms with Gasteiger partial charge in [0.15, 0.2) is 0 Å². The predicted octanol–water partition coefficient (Wildman–Crippen LogP) is 2.31. The highest BCUT2D eigenvalue weighted by atomic mass is 32.2. The Labute approximate surface area is 94.0 Å². The minimum atomic E-state index is -3.36. The lowest BCUT2D eigenvalue weighted by Crippen LogP contribution is -2.52. The molecule has 0 bridgehead atoms. The van der Waals surface area contributed by atoms with E-state index in [9.17, 15) is 8.42 Å². The van der Waals surface area contributed by atoms with Gasteiger partial charge in [0.2, 0.25) is 10.0 Å². The molecule has 90 valence electrons. The molecule has 0 amide bonds. The number of rotatable bonds is 6. The SMILES string of the molecule is C=CC(C)(C(C)(CC)CC)S(=O)(=O)NC. The molecule has 0 aliphatic heterocycles. The second-order valence-electron chi connectivity index (χ2n) is 4.29. The number of nitrogens with one attached hydrogen (secondary N) is 1. The molecule has 1 unspecified atom stereocenters. The van der Waals surface area contributed by atoms with Gasteiger partial charge in [0.25, 0.3) is 0 Å². The van der Waals surface area contributed by atoms with Gasteiger partial charge in [0.05, 0.1) is 0 Å². The molecule has 0 aromatic heterocycles. The molecule has 0 saturated carbocycles. The molecule has 0 radical (unpaired) electrons. The fourth-order valence-electron chi connectivity index (χ4n) is 1.84. The highest BCUT2D eigenvalue weighted by Crippen LogP contribution is 2.43. The molecule has 0 aromatic rings. The summed E-state index contributed by atoms with van der Waals surface area (Å²) in [5.41, 5.74) is -0.295. The molecule has 1 N–H and O–H groups in total. The van der Waals surface area contributed by atoms with Crippen LogP contribution in [-0.4, -0.2) is 20.2 Å². The fourth-order valence-corrected chi connectivity index (χ4v) is 3.43. The van der Waals surface area contributed by atoms with Crippen LogP contribution in [0.4, 0.5) is 0 Å². The van der Waals surface area contributed by atoms with Crippen LogP contribution in [0.5, 0.6) is 0 Å². The highest BCUT2D eigenvalue weighted by Gasteiger charge is 2.49. The third-order valence-corrected chi connectivity index (χ3v) is 6.29. The molecule has 0 heterocycles. The van der Waals surface area contributed by atoms with Gasteiger partial charge in [0, 0.05) is 0 Å². The summed E-state index contributed by atoms with van der Waals surface area (Å²) in [6, 6.07) is 0. The van der Waals surface area contributed by atoms with Crippen LogP contribution in [0.25, 0.3) is 0 Å². The van der Waals surface area contributed by atoms with Gasteiger partial charge in [-0.3, -0.25) is 0 Å². The molecule has 1 atom stereocenters.